The van der Waals surface area contributed by atoms with E-state index in [4.69, 9.17) is 27.9 Å². The van der Waals surface area contributed by atoms with Crippen molar-refractivity contribution < 1.29 is 9.53 Å². The highest BCUT2D eigenvalue weighted by molar-refractivity contribution is 6.40. The molecule has 2 heterocycles. The highest BCUT2D eigenvalue weighted by Gasteiger charge is 2.23. The molecule has 0 bridgehead atoms. The molecule has 0 saturated carbocycles. The van der Waals surface area contributed by atoms with E-state index in [0.29, 0.717) is 35.4 Å². The number of amides is 1. The standard InChI is InChI=1S/C23H27Cl2N3O2/c1-2-27-15-7-3-4-13-21(27)30-17-9-16-28(20-12-5-6-14-26-20)23(29)22-18(24)10-8-11-19(22)25/h5-6,8,10-14H,2-4,7,9,15-17H2,1H3. The number of hydrogen-bond donors (Lipinski definition) is 0. The SMILES string of the molecule is CCN1CCCCC=C1OCCCN(C(=O)c1c(Cl)cccc1Cl)c1ccccn1. The number of benzene rings is 1. The second-order valence-corrected chi connectivity index (χ2v) is 7.88. The van der Waals surface area contributed by atoms with Crippen molar-refractivity contribution in [1.29, 1.82) is 0 Å². The number of halogens is 2. The summed E-state index contributed by atoms with van der Waals surface area (Å²) in [5, 5.41) is 0.652. The van der Waals surface area contributed by atoms with Crippen LogP contribution in [-0.2, 0) is 4.74 Å². The Morgan fingerprint density at radius 1 is 1.17 bits per heavy atom. The molecular weight excluding hydrogens is 421 g/mol. The summed E-state index contributed by atoms with van der Waals surface area (Å²) in [5.41, 5.74) is 0.288. The van der Waals surface area contributed by atoms with Crippen LogP contribution in [0.15, 0.2) is 54.6 Å². The van der Waals surface area contributed by atoms with Gasteiger partial charge in [0.25, 0.3) is 5.91 Å². The summed E-state index contributed by atoms with van der Waals surface area (Å²) in [6.45, 7) is 5.03. The lowest BCUT2D eigenvalue weighted by atomic mass is 10.2. The molecule has 1 aromatic carbocycles. The van der Waals surface area contributed by atoms with Crippen LogP contribution in [0.1, 0.15) is 43.0 Å². The number of carbonyl (C=O) groups is 1. The molecule has 30 heavy (non-hydrogen) atoms. The zero-order chi connectivity index (χ0) is 21.3. The Kier molecular flexibility index (Phi) is 8.40. The summed E-state index contributed by atoms with van der Waals surface area (Å²) in [7, 11) is 0. The largest absolute Gasteiger partial charge is 0.479 e. The molecule has 1 aliphatic rings. The van der Waals surface area contributed by atoms with E-state index in [2.05, 4.69) is 22.9 Å². The predicted octanol–water partition coefficient (Wildman–Crippen LogP) is 5.79. The summed E-state index contributed by atoms with van der Waals surface area (Å²) in [4.78, 5) is 21.5. The number of rotatable bonds is 8. The molecule has 0 atom stereocenters. The Morgan fingerprint density at radius 2 is 1.97 bits per heavy atom. The smallest absolute Gasteiger partial charge is 0.262 e. The van der Waals surface area contributed by atoms with Crippen molar-refractivity contribution in [2.24, 2.45) is 0 Å². The number of carbonyl (C=O) groups excluding carboxylic acids is 1. The van der Waals surface area contributed by atoms with Gasteiger partial charge in [0.2, 0.25) is 0 Å². The highest BCUT2D eigenvalue weighted by atomic mass is 35.5. The molecule has 1 aromatic heterocycles. The van der Waals surface area contributed by atoms with E-state index < -0.39 is 0 Å². The lowest BCUT2D eigenvalue weighted by Gasteiger charge is -2.26. The molecule has 0 spiro atoms. The number of nitrogens with zero attached hydrogens (tertiary/aromatic N) is 3. The van der Waals surface area contributed by atoms with E-state index in [0.717, 1.165) is 25.4 Å². The van der Waals surface area contributed by atoms with Gasteiger partial charge in [-0.1, -0.05) is 35.3 Å². The Labute approximate surface area is 188 Å². The topological polar surface area (TPSA) is 45.7 Å². The second-order valence-electron chi connectivity index (χ2n) is 7.06. The molecule has 0 N–H and O–H groups in total. The maximum absolute atomic E-state index is 13.3. The Balaban J connectivity index is 1.70. The van der Waals surface area contributed by atoms with Crippen LogP contribution >= 0.6 is 23.2 Å². The van der Waals surface area contributed by atoms with E-state index in [1.807, 2.05) is 12.1 Å². The van der Waals surface area contributed by atoms with Gasteiger partial charge in [0.1, 0.15) is 5.82 Å². The highest BCUT2D eigenvalue weighted by Crippen LogP contribution is 2.27. The molecule has 0 aliphatic carbocycles. The van der Waals surface area contributed by atoms with Gasteiger partial charge in [0.05, 0.1) is 22.2 Å². The van der Waals surface area contributed by atoms with Crippen molar-refractivity contribution in [2.75, 3.05) is 31.1 Å². The lowest BCUT2D eigenvalue weighted by Crippen LogP contribution is -2.34. The fraction of sp³-hybridized carbons (Fsp3) is 0.391. The zero-order valence-electron chi connectivity index (χ0n) is 17.2. The first-order chi connectivity index (χ1) is 14.6. The first-order valence-corrected chi connectivity index (χ1v) is 11.1. The predicted molar refractivity (Wildman–Crippen MR) is 122 cm³/mol. The van der Waals surface area contributed by atoms with Gasteiger partial charge in [-0.05, 0) is 62.9 Å². The van der Waals surface area contributed by atoms with E-state index in [-0.39, 0.29) is 11.5 Å². The van der Waals surface area contributed by atoms with Crippen molar-refractivity contribution in [1.82, 2.24) is 9.88 Å². The molecule has 7 heteroatoms. The molecule has 3 rings (SSSR count). The van der Waals surface area contributed by atoms with Crippen LogP contribution in [-0.4, -0.2) is 42.0 Å². The summed E-state index contributed by atoms with van der Waals surface area (Å²) in [5.74, 6) is 1.23. The van der Waals surface area contributed by atoms with Gasteiger partial charge in [-0.25, -0.2) is 4.98 Å². The fourth-order valence-electron chi connectivity index (χ4n) is 3.45. The molecule has 5 nitrogen and oxygen atoms in total. The monoisotopic (exact) mass is 447 g/mol. The van der Waals surface area contributed by atoms with Gasteiger partial charge in [-0.2, -0.15) is 0 Å². The van der Waals surface area contributed by atoms with Gasteiger partial charge >= 0.3 is 0 Å². The molecule has 0 unspecified atom stereocenters. The lowest BCUT2D eigenvalue weighted by molar-refractivity contribution is 0.0974. The second kappa shape index (κ2) is 11.2. The number of pyridine rings is 1. The fourth-order valence-corrected chi connectivity index (χ4v) is 4.01. The minimum absolute atomic E-state index is 0.270. The Morgan fingerprint density at radius 3 is 2.67 bits per heavy atom. The van der Waals surface area contributed by atoms with Crippen molar-refractivity contribution in [3.05, 3.63) is 70.2 Å². The van der Waals surface area contributed by atoms with Crippen molar-refractivity contribution in [2.45, 2.75) is 32.6 Å². The van der Waals surface area contributed by atoms with Crippen LogP contribution in [0, 0.1) is 0 Å². The Bertz CT molecular complexity index is 854. The van der Waals surface area contributed by atoms with E-state index in [9.17, 15) is 4.79 Å². The number of aromatic nitrogens is 1. The number of ether oxygens (including phenoxy) is 1. The zero-order valence-corrected chi connectivity index (χ0v) is 18.7. The quantitative estimate of drug-likeness (QED) is 0.480. The molecule has 1 amide bonds. The van der Waals surface area contributed by atoms with Crippen LogP contribution in [0.3, 0.4) is 0 Å². The van der Waals surface area contributed by atoms with Crippen LogP contribution in [0.4, 0.5) is 5.82 Å². The molecule has 2 aromatic rings. The van der Waals surface area contributed by atoms with Crippen LogP contribution in [0.25, 0.3) is 0 Å². The van der Waals surface area contributed by atoms with Gasteiger partial charge in [0, 0.05) is 25.8 Å². The molecule has 160 valence electrons. The molecule has 0 radical (unpaired) electrons. The van der Waals surface area contributed by atoms with Crippen molar-refractivity contribution in [3.63, 3.8) is 0 Å². The van der Waals surface area contributed by atoms with E-state index >= 15 is 0 Å². The maximum Gasteiger partial charge on any atom is 0.262 e. The van der Waals surface area contributed by atoms with Gasteiger partial charge in [-0.3, -0.25) is 9.69 Å². The average Bonchev–Trinajstić information content (AvgIpc) is 2.99. The van der Waals surface area contributed by atoms with Crippen LogP contribution in [0.5, 0.6) is 0 Å². The summed E-state index contributed by atoms with van der Waals surface area (Å²) in [6.07, 6.45) is 7.88. The number of hydrogen-bond acceptors (Lipinski definition) is 4. The van der Waals surface area contributed by atoms with Gasteiger partial charge < -0.3 is 9.64 Å². The van der Waals surface area contributed by atoms with E-state index in [1.165, 1.54) is 12.8 Å². The Hall–Kier alpha value is -2.24. The minimum Gasteiger partial charge on any atom is -0.479 e. The average molecular weight is 448 g/mol. The van der Waals surface area contributed by atoms with Gasteiger partial charge in [-0.15, -0.1) is 0 Å². The summed E-state index contributed by atoms with van der Waals surface area (Å²) in [6, 6.07) is 10.5. The third-order valence-corrected chi connectivity index (χ3v) is 5.65. The minimum atomic E-state index is -0.270. The molecule has 1 aliphatic heterocycles. The first kappa shape index (κ1) is 22.4. The van der Waals surface area contributed by atoms with Crippen molar-refractivity contribution >= 4 is 34.9 Å². The van der Waals surface area contributed by atoms with Crippen LogP contribution < -0.4 is 4.90 Å². The number of allylic oxidation sites excluding steroid dienone is 1. The summed E-state index contributed by atoms with van der Waals surface area (Å²) < 4.78 is 6.06. The normalized spacial score (nSPS) is 14.1. The van der Waals surface area contributed by atoms with E-state index in [1.54, 1.807) is 35.4 Å². The van der Waals surface area contributed by atoms with Crippen molar-refractivity contribution in [3.8, 4) is 0 Å². The summed E-state index contributed by atoms with van der Waals surface area (Å²) >= 11 is 12.6. The van der Waals surface area contributed by atoms with Crippen LogP contribution in [0.2, 0.25) is 10.0 Å². The molecule has 0 fully saturated rings. The first-order valence-electron chi connectivity index (χ1n) is 10.4. The molecular formula is C23H27Cl2N3O2. The number of anilines is 1. The maximum atomic E-state index is 13.3. The third kappa shape index (κ3) is 5.67. The van der Waals surface area contributed by atoms with Gasteiger partial charge in [0.15, 0.2) is 5.88 Å². The third-order valence-electron chi connectivity index (χ3n) is 5.02. The molecule has 0 saturated heterocycles.